The molecule has 150 valence electrons. The number of benzene rings is 2. The molecule has 0 aliphatic heterocycles. The van der Waals surface area contributed by atoms with Crippen LogP contribution in [-0.2, 0) is 20.4 Å². The van der Waals surface area contributed by atoms with Gasteiger partial charge in [-0.1, -0.05) is 61.9 Å². The number of para-hydroxylation sites is 1. The van der Waals surface area contributed by atoms with Crippen LogP contribution in [0.15, 0.2) is 60.7 Å². The van der Waals surface area contributed by atoms with Crippen LogP contribution < -0.4 is 4.74 Å². The van der Waals surface area contributed by atoms with Crippen molar-refractivity contribution in [2.45, 2.75) is 32.8 Å². The smallest absolute Gasteiger partial charge is 0.239 e. The van der Waals surface area contributed by atoms with Crippen LogP contribution in [0, 0.1) is 0 Å². The van der Waals surface area contributed by atoms with Crippen LogP contribution in [0.3, 0.4) is 0 Å². The Kier molecular flexibility index (Phi) is 12.1. The Hall–Kier alpha value is -1.32. The first kappa shape index (κ1) is 23.7. The highest BCUT2D eigenvalue weighted by atomic mass is 35.5. The molecule has 0 spiro atoms. The lowest BCUT2D eigenvalue weighted by atomic mass is 10.2. The second-order valence-corrected chi connectivity index (χ2v) is 8.80. The van der Waals surface area contributed by atoms with E-state index in [0.717, 1.165) is 18.4 Å². The van der Waals surface area contributed by atoms with Crippen LogP contribution in [0.25, 0.3) is 0 Å². The van der Waals surface area contributed by atoms with E-state index in [1.807, 2.05) is 60.7 Å². The lowest BCUT2D eigenvalue weighted by Gasteiger charge is -2.19. The number of hydrogen-bond acceptors (Lipinski definition) is 4. The zero-order valence-electron chi connectivity index (χ0n) is 15.9. The van der Waals surface area contributed by atoms with Gasteiger partial charge in [0, 0.05) is 12.8 Å². The summed E-state index contributed by atoms with van der Waals surface area (Å²) in [6.45, 7) is 3.73. The van der Waals surface area contributed by atoms with E-state index in [4.69, 9.17) is 14.0 Å². The molecule has 0 aliphatic rings. The molecule has 0 aliphatic carbocycles. The van der Waals surface area contributed by atoms with Gasteiger partial charge in [0.1, 0.15) is 5.75 Å². The number of halogens is 1. The Morgan fingerprint density at radius 2 is 1.56 bits per heavy atom. The van der Waals surface area contributed by atoms with Gasteiger partial charge in [-0.25, -0.2) is 0 Å². The highest BCUT2D eigenvalue weighted by Gasteiger charge is 2.24. The molecular formula is C21H30ClO4P. The average molecular weight is 413 g/mol. The fourth-order valence-corrected chi connectivity index (χ4v) is 4.15. The van der Waals surface area contributed by atoms with Gasteiger partial charge in [-0.3, -0.25) is 4.57 Å². The lowest BCUT2D eigenvalue weighted by molar-refractivity contribution is 0.121. The van der Waals surface area contributed by atoms with Crippen LogP contribution >= 0.6 is 19.8 Å². The van der Waals surface area contributed by atoms with Crippen molar-refractivity contribution in [3.8, 4) is 5.75 Å². The van der Waals surface area contributed by atoms with Gasteiger partial charge >= 0.3 is 0 Å². The van der Waals surface area contributed by atoms with E-state index in [1.165, 1.54) is 0 Å². The minimum absolute atomic E-state index is 0. The molecule has 27 heavy (non-hydrogen) atoms. The van der Waals surface area contributed by atoms with Crippen LogP contribution in [0.1, 0.15) is 31.7 Å². The van der Waals surface area contributed by atoms with Gasteiger partial charge in [0.05, 0.1) is 13.2 Å². The molecule has 6 heteroatoms. The van der Waals surface area contributed by atoms with Crippen molar-refractivity contribution in [1.29, 1.82) is 0 Å². The zero-order chi connectivity index (χ0) is 18.5. The number of hydrogen-bond donors (Lipinski definition) is 0. The maximum Gasteiger partial charge on any atom is 0.239 e. The predicted molar refractivity (Wildman–Crippen MR) is 113 cm³/mol. The number of rotatable bonds is 13. The van der Waals surface area contributed by atoms with Crippen molar-refractivity contribution in [2.75, 3.05) is 25.7 Å². The summed E-state index contributed by atoms with van der Waals surface area (Å²) in [7, 11) is -2.83. The Balaban J connectivity index is 0.00000364. The summed E-state index contributed by atoms with van der Waals surface area (Å²) in [6, 6.07) is 19.5. The lowest BCUT2D eigenvalue weighted by Crippen LogP contribution is -2.08. The van der Waals surface area contributed by atoms with E-state index in [-0.39, 0.29) is 18.8 Å². The van der Waals surface area contributed by atoms with Crippen molar-refractivity contribution in [3.63, 3.8) is 0 Å². The van der Waals surface area contributed by atoms with E-state index in [2.05, 4.69) is 6.92 Å². The molecule has 0 aromatic heterocycles. The van der Waals surface area contributed by atoms with Crippen molar-refractivity contribution in [2.24, 2.45) is 0 Å². The van der Waals surface area contributed by atoms with Crippen LogP contribution in [0.5, 0.6) is 5.75 Å². The van der Waals surface area contributed by atoms with E-state index in [9.17, 15) is 4.57 Å². The van der Waals surface area contributed by atoms with Gasteiger partial charge in [-0.2, -0.15) is 0 Å². The van der Waals surface area contributed by atoms with Crippen molar-refractivity contribution in [3.05, 3.63) is 66.2 Å². The van der Waals surface area contributed by atoms with Crippen molar-refractivity contribution < 1.29 is 18.6 Å². The molecule has 2 rings (SSSR count). The van der Waals surface area contributed by atoms with E-state index >= 15 is 0 Å². The van der Waals surface area contributed by atoms with Crippen LogP contribution in [0.2, 0.25) is 0 Å². The normalized spacial score (nSPS) is 12.8. The monoisotopic (exact) mass is 412 g/mol. The van der Waals surface area contributed by atoms with Crippen LogP contribution in [-0.4, -0.2) is 25.7 Å². The van der Waals surface area contributed by atoms with Gasteiger partial charge in [0.2, 0.25) is 7.37 Å². The first-order valence-electron chi connectivity index (χ1n) is 9.24. The zero-order valence-corrected chi connectivity index (χ0v) is 17.6. The Labute approximate surface area is 169 Å². The molecule has 0 radical (unpaired) electrons. The van der Waals surface area contributed by atoms with Crippen molar-refractivity contribution >= 4 is 19.8 Å². The molecule has 1 atom stereocenters. The topological polar surface area (TPSA) is 44.8 Å². The van der Waals surface area contributed by atoms with Gasteiger partial charge < -0.3 is 14.0 Å². The number of ether oxygens (including phenoxy) is 2. The fraction of sp³-hybridized carbons (Fsp3) is 0.429. The fourth-order valence-electron chi connectivity index (χ4n) is 2.40. The van der Waals surface area contributed by atoms with Gasteiger partial charge in [-0.15, -0.1) is 12.4 Å². The summed E-state index contributed by atoms with van der Waals surface area (Å²) in [5.41, 5.74) is 1.14. The molecule has 0 bridgehead atoms. The molecule has 1 unspecified atom stereocenters. The van der Waals surface area contributed by atoms with Crippen molar-refractivity contribution in [1.82, 2.24) is 0 Å². The summed E-state index contributed by atoms with van der Waals surface area (Å²) >= 11 is 0. The molecule has 0 N–H and O–H groups in total. The molecule has 0 saturated heterocycles. The largest absolute Gasteiger partial charge is 0.484 e. The molecular weight excluding hydrogens is 383 g/mol. The quantitative estimate of drug-likeness (QED) is 0.292. The first-order valence-corrected chi connectivity index (χ1v) is 11.2. The Morgan fingerprint density at radius 1 is 0.889 bits per heavy atom. The summed E-state index contributed by atoms with van der Waals surface area (Å²) in [6.07, 6.45) is 3.19. The molecule has 0 saturated carbocycles. The molecule has 4 nitrogen and oxygen atoms in total. The third-order valence-corrected chi connectivity index (χ3v) is 6.07. The summed E-state index contributed by atoms with van der Waals surface area (Å²) in [4.78, 5) is 0. The minimum Gasteiger partial charge on any atom is -0.484 e. The summed E-state index contributed by atoms with van der Waals surface area (Å²) in [5, 5.41) is 0. The minimum atomic E-state index is -2.83. The molecule has 2 aromatic carbocycles. The van der Waals surface area contributed by atoms with Gasteiger partial charge in [-0.05, 0) is 30.5 Å². The molecule has 0 amide bonds. The maximum absolute atomic E-state index is 13.1. The number of unbranched alkanes of at least 4 members (excludes halogenated alkanes) is 1. The summed E-state index contributed by atoms with van der Waals surface area (Å²) < 4.78 is 30.2. The highest BCUT2D eigenvalue weighted by Crippen LogP contribution is 2.47. The van der Waals surface area contributed by atoms with Gasteiger partial charge in [0.15, 0.2) is 6.35 Å². The van der Waals surface area contributed by atoms with Gasteiger partial charge in [0.25, 0.3) is 0 Å². The molecule has 2 aromatic rings. The van der Waals surface area contributed by atoms with Crippen LogP contribution in [0.4, 0.5) is 0 Å². The maximum atomic E-state index is 13.1. The first-order chi connectivity index (χ1) is 12.7. The molecule has 0 heterocycles. The Bertz CT molecular complexity index is 652. The molecule has 0 fully saturated rings. The van der Waals surface area contributed by atoms with E-state index in [1.54, 1.807) is 0 Å². The Morgan fingerprint density at radius 3 is 2.22 bits per heavy atom. The summed E-state index contributed by atoms with van der Waals surface area (Å²) in [5.74, 6) is 0.715. The third-order valence-electron chi connectivity index (χ3n) is 3.89. The standard InChI is InChI=1S/C21H29O4P.ClH/c1-2-3-16-25-26(22,19-24-21-13-8-5-9-14-21)17-10-15-23-18-20-11-6-4-7-12-20;/h4-9,11-14H,2-3,10,15-19H2,1H3;1H. The third kappa shape index (κ3) is 9.97. The second-order valence-electron chi connectivity index (χ2n) is 6.20. The predicted octanol–water partition coefficient (Wildman–Crippen LogP) is 6.15. The SMILES string of the molecule is CCCCOP(=O)(CCCOCc1ccccc1)COc1ccccc1.Cl. The average Bonchev–Trinajstić information content (AvgIpc) is 2.68. The highest BCUT2D eigenvalue weighted by molar-refractivity contribution is 7.58. The second kappa shape index (κ2) is 13.8. The van der Waals surface area contributed by atoms with E-state index < -0.39 is 7.37 Å². The van der Waals surface area contributed by atoms with E-state index in [0.29, 0.717) is 38.2 Å².